The van der Waals surface area contributed by atoms with Gasteiger partial charge in [0.15, 0.2) is 0 Å². The summed E-state index contributed by atoms with van der Waals surface area (Å²) in [6.07, 6.45) is 0. The van der Waals surface area contributed by atoms with Crippen LogP contribution in [0.1, 0.15) is 15.9 Å². The standard InChI is InChI=1S/C11H12BrNO2/c1-8(12)6-13-11(15)10-4-2-9(7-14)3-5-10/h2-5,14H,1,6-7H2,(H,13,15). The van der Waals surface area contributed by atoms with Crippen molar-refractivity contribution in [2.45, 2.75) is 6.61 Å². The van der Waals surface area contributed by atoms with E-state index < -0.39 is 0 Å². The van der Waals surface area contributed by atoms with Crippen molar-refractivity contribution >= 4 is 21.8 Å². The Bertz CT molecular complexity index is 359. The number of hydrogen-bond donors (Lipinski definition) is 2. The molecule has 0 radical (unpaired) electrons. The molecule has 0 saturated heterocycles. The quantitative estimate of drug-likeness (QED) is 0.876. The van der Waals surface area contributed by atoms with E-state index >= 15 is 0 Å². The molecule has 0 bridgehead atoms. The number of amides is 1. The van der Waals surface area contributed by atoms with E-state index in [2.05, 4.69) is 27.8 Å². The molecule has 3 nitrogen and oxygen atoms in total. The molecule has 0 aromatic heterocycles. The van der Waals surface area contributed by atoms with Crippen LogP contribution in [0.5, 0.6) is 0 Å². The number of nitrogens with one attached hydrogen (secondary N) is 1. The average Bonchev–Trinajstić information content (AvgIpc) is 2.26. The molecule has 15 heavy (non-hydrogen) atoms. The summed E-state index contributed by atoms with van der Waals surface area (Å²) in [6, 6.07) is 6.80. The van der Waals surface area contributed by atoms with Crippen molar-refractivity contribution < 1.29 is 9.90 Å². The molecule has 2 N–H and O–H groups in total. The van der Waals surface area contributed by atoms with Crippen LogP contribution in [-0.4, -0.2) is 17.6 Å². The van der Waals surface area contributed by atoms with Crippen LogP contribution in [0.3, 0.4) is 0 Å². The molecule has 0 heterocycles. The second-order valence-electron chi connectivity index (χ2n) is 3.05. The Hall–Kier alpha value is -1.13. The number of carbonyl (C=O) groups is 1. The maximum absolute atomic E-state index is 11.5. The van der Waals surface area contributed by atoms with E-state index in [0.717, 1.165) is 10.0 Å². The Morgan fingerprint density at radius 1 is 1.40 bits per heavy atom. The first-order valence-electron chi connectivity index (χ1n) is 4.44. The predicted molar refractivity (Wildman–Crippen MR) is 62.8 cm³/mol. The van der Waals surface area contributed by atoms with E-state index in [4.69, 9.17) is 5.11 Å². The number of benzene rings is 1. The lowest BCUT2D eigenvalue weighted by atomic mass is 10.1. The Morgan fingerprint density at radius 3 is 2.47 bits per heavy atom. The summed E-state index contributed by atoms with van der Waals surface area (Å²) in [4.78, 5) is 11.5. The van der Waals surface area contributed by atoms with Gasteiger partial charge in [-0.2, -0.15) is 0 Å². The van der Waals surface area contributed by atoms with E-state index in [0.29, 0.717) is 12.1 Å². The van der Waals surface area contributed by atoms with Crippen molar-refractivity contribution in [3.8, 4) is 0 Å². The molecule has 0 spiro atoms. The van der Waals surface area contributed by atoms with Crippen LogP contribution in [0.15, 0.2) is 35.3 Å². The van der Waals surface area contributed by atoms with Crippen molar-refractivity contribution in [3.63, 3.8) is 0 Å². The summed E-state index contributed by atoms with van der Waals surface area (Å²) >= 11 is 3.16. The highest BCUT2D eigenvalue weighted by Crippen LogP contribution is 2.05. The fourth-order valence-electron chi connectivity index (χ4n) is 1.04. The third kappa shape index (κ3) is 3.85. The summed E-state index contributed by atoms with van der Waals surface area (Å²) in [5.41, 5.74) is 1.36. The molecule has 0 saturated carbocycles. The molecule has 1 aromatic carbocycles. The third-order valence-corrected chi connectivity index (χ3v) is 2.12. The first-order chi connectivity index (χ1) is 7.13. The Balaban J connectivity index is 2.62. The minimum atomic E-state index is -0.153. The van der Waals surface area contributed by atoms with Gasteiger partial charge in [0.05, 0.1) is 6.61 Å². The van der Waals surface area contributed by atoms with Gasteiger partial charge in [-0.1, -0.05) is 34.6 Å². The number of aliphatic hydroxyl groups is 1. The van der Waals surface area contributed by atoms with Gasteiger partial charge >= 0.3 is 0 Å². The summed E-state index contributed by atoms with van der Waals surface area (Å²) in [7, 11) is 0. The largest absolute Gasteiger partial charge is 0.392 e. The minimum absolute atomic E-state index is 0.0138. The fourth-order valence-corrected chi connectivity index (χ4v) is 1.18. The Labute approximate surface area is 96.9 Å². The van der Waals surface area contributed by atoms with Crippen molar-refractivity contribution in [2.24, 2.45) is 0 Å². The van der Waals surface area contributed by atoms with Crippen LogP contribution in [0.2, 0.25) is 0 Å². The molecule has 0 aliphatic rings. The number of carbonyl (C=O) groups excluding carboxylic acids is 1. The highest BCUT2D eigenvalue weighted by Gasteiger charge is 2.04. The lowest BCUT2D eigenvalue weighted by Gasteiger charge is -2.04. The van der Waals surface area contributed by atoms with Crippen LogP contribution in [0, 0.1) is 0 Å². The van der Waals surface area contributed by atoms with Crippen molar-refractivity contribution in [1.82, 2.24) is 5.32 Å². The first-order valence-corrected chi connectivity index (χ1v) is 5.24. The molecule has 80 valence electrons. The van der Waals surface area contributed by atoms with Crippen molar-refractivity contribution in [3.05, 3.63) is 46.5 Å². The van der Waals surface area contributed by atoms with Gasteiger partial charge in [-0.25, -0.2) is 0 Å². The molecule has 1 amide bonds. The number of rotatable bonds is 4. The maximum atomic E-state index is 11.5. The molecule has 0 atom stereocenters. The minimum Gasteiger partial charge on any atom is -0.392 e. The van der Waals surface area contributed by atoms with E-state index in [1.54, 1.807) is 24.3 Å². The highest BCUT2D eigenvalue weighted by molar-refractivity contribution is 9.11. The molecule has 1 rings (SSSR count). The highest BCUT2D eigenvalue weighted by atomic mass is 79.9. The Morgan fingerprint density at radius 2 is 2.00 bits per heavy atom. The third-order valence-electron chi connectivity index (χ3n) is 1.84. The van der Waals surface area contributed by atoms with Crippen LogP contribution in [0.4, 0.5) is 0 Å². The van der Waals surface area contributed by atoms with Crippen LogP contribution < -0.4 is 5.32 Å². The first kappa shape index (κ1) is 11.9. The topological polar surface area (TPSA) is 49.3 Å². The zero-order chi connectivity index (χ0) is 11.3. The van der Waals surface area contributed by atoms with Gasteiger partial charge in [-0.05, 0) is 17.7 Å². The molecule has 4 heteroatoms. The zero-order valence-corrected chi connectivity index (χ0v) is 9.75. The monoisotopic (exact) mass is 269 g/mol. The molecular formula is C11H12BrNO2. The normalized spacial score (nSPS) is 9.73. The van der Waals surface area contributed by atoms with E-state index in [-0.39, 0.29) is 12.5 Å². The lowest BCUT2D eigenvalue weighted by Crippen LogP contribution is -2.24. The van der Waals surface area contributed by atoms with E-state index in [9.17, 15) is 4.79 Å². The summed E-state index contributed by atoms with van der Waals surface area (Å²) < 4.78 is 0.725. The summed E-state index contributed by atoms with van der Waals surface area (Å²) in [6.45, 7) is 4.01. The average molecular weight is 270 g/mol. The second-order valence-corrected chi connectivity index (χ2v) is 4.18. The SMILES string of the molecule is C=C(Br)CNC(=O)c1ccc(CO)cc1. The van der Waals surface area contributed by atoms with Gasteiger partial charge in [0.2, 0.25) is 0 Å². The van der Waals surface area contributed by atoms with Gasteiger partial charge in [0.25, 0.3) is 5.91 Å². The van der Waals surface area contributed by atoms with Crippen LogP contribution >= 0.6 is 15.9 Å². The smallest absolute Gasteiger partial charge is 0.251 e. The number of halogens is 1. The molecular weight excluding hydrogens is 258 g/mol. The molecule has 0 aliphatic carbocycles. The van der Waals surface area contributed by atoms with Gasteiger partial charge in [-0.3, -0.25) is 4.79 Å². The number of hydrogen-bond acceptors (Lipinski definition) is 2. The van der Waals surface area contributed by atoms with Crippen LogP contribution in [-0.2, 0) is 6.61 Å². The fraction of sp³-hybridized carbons (Fsp3) is 0.182. The second kappa shape index (κ2) is 5.68. The molecule has 0 unspecified atom stereocenters. The van der Waals surface area contributed by atoms with E-state index in [1.165, 1.54) is 0 Å². The lowest BCUT2D eigenvalue weighted by molar-refractivity contribution is 0.0957. The summed E-state index contributed by atoms with van der Waals surface area (Å²) in [5.74, 6) is -0.153. The van der Waals surface area contributed by atoms with Crippen molar-refractivity contribution in [2.75, 3.05) is 6.54 Å². The molecule has 0 aliphatic heterocycles. The zero-order valence-electron chi connectivity index (χ0n) is 8.16. The van der Waals surface area contributed by atoms with Gasteiger partial charge < -0.3 is 10.4 Å². The van der Waals surface area contributed by atoms with E-state index in [1.807, 2.05) is 0 Å². The number of aliphatic hydroxyl groups excluding tert-OH is 1. The van der Waals surface area contributed by atoms with Gasteiger partial charge in [0, 0.05) is 16.6 Å². The van der Waals surface area contributed by atoms with Gasteiger partial charge in [0.1, 0.15) is 0 Å². The Kier molecular flexibility index (Phi) is 4.52. The van der Waals surface area contributed by atoms with Crippen molar-refractivity contribution in [1.29, 1.82) is 0 Å². The van der Waals surface area contributed by atoms with Gasteiger partial charge in [-0.15, -0.1) is 0 Å². The summed E-state index contributed by atoms with van der Waals surface area (Å²) in [5, 5.41) is 11.5. The molecule has 0 fully saturated rings. The molecule has 1 aromatic rings. The maximum Gasteiger partial charge on any atom is 0.251 e. The van der Waals surface area contributed by atoms with Crippen LogP contribution in [0.25, 0.3) is 0 Å². The predicted octanol–water partition coefficient (Wildman–Crippen LogP) is 1.82.